The van der Waals surface area contributed by atoms with Gasteiger partial charge in [0.05, 0.1) is 11.9 Å². The molecule has 0 saturated heterocycles. The summed E-state index contributed by atoms with van der Waals surface area (Å²) in [7, 11) is 0. The Morgan fingerprint density at radius 2 is 1.87 bits per heavy atom. The van der Waals surface area contributed by atoms with E-state index in [1.807, 2.05) is 53.4 Å². The van der Waals surface area contributed by atoms with Gasteiger partial charge >= 0.3 is 0 Å². The van der Waals surface area contributed by atoms with Gasteiger partial charge in [0.15, 0.2) is 5.82 Å². The van der Waals surface area contributed by atoms with Gasteiger partial charge in [0.2, 0.25) is 0 Å². The van der Waals surface area contributed by atoms with Gasteiger partial charge in [-0.1, -0.05) is 11.6 Å². The SMILES string of the molecule is O=C(NC1CC1)c1cnn(-c2ccc(Cl)cc2)c1-n1cccc1. The van der Waals surface area contributed by atoms with Gasteiger partial charge in [0, 0.05) is 23.5 Å². The van der Waals surface area contributed by atoms with Gasteiger partial charge in [-0.25, -0.2) is 4.68 Å². The van der Waals surface area contributed by atoms with Crippen molar-refractivity contribution in [2.24, 2.45) is 0 Å². The van der Waals surface area contributed by atoms with E-state index >= 15 is 0 Å². The van der Waals surface area contributed by atoms with Crippen LogP contribution in [0.5, 0.6) is 0 Å². The molecule has 1 aliphatic carbocycles. The van der Waals surface area contributed by atoms with Gasteiger partial charge in [0.1, 0.15) is 5.56 Å². The molecule has 1 aliphatic rings. The Morgan fingerprint density at radius 3 is 2.52 bits per heavy atom. The fourth-order valence-electron chi connectivity index (χ4n) is 2.49. The van der Waals surface area contributed by atoms with Crippen molar-refractivity contribution < 1.29 is 4.79 Å². The van der Waals surface area contributed by atoms with Crippen molar-refractivity contribution in [1.82, 2.24) is 19.7 Å². The zero-order valence-electron chi connectivity index (χ0n) is 12.3. The normalized spacial score (nSPS) is 14.0. The van der Waals surface area contributed by atoms with Crippen LogP contribution in [0.15, 0.2) is 55.0 Å². The number of aromatic nitrogens is 3. The Balaban J connectivity index is 1.81. The number of hydrogen-bond acceptors (Lipinski definition) is 2. The third-order valence-electron chi connectivity index (χ3n) is 3.82. The van der Waals surface area contributed by atoms with Gasteiger partial charge in [-0.05, 0) is 49.2 Å². The van der Waals surface area contributed by atoms with E-state index in [1.54, 1.807) is 10.9 Å². The molecular weight excluding hydrogens is 312 g/mol. The minimum Gasteiger partial charge on any atom is -0.349 e. The number of benzene rings is 1. The van der Waals surface area contributed by atoms with Gasteiger partial charge < -0.3 is 9.88 Å². The van der Waals surface area contributed by atoms with Crippen molar-refractivity contribution in [2.75, 3.05) is 0 Å². The van der Waals surface area contributed by atoms with Crippen LogP contribution in [0.3, 0.4) is 0 Å². The molecule has 6 heteroatoms. The Labute approximate surface area is 138 Å². The molecular formula is C17H15ClN4O. The van der Waals surface area contributed by atoms with Crippen LogP contribution >= 0.6 is 11.6 Å². The molecule has 1 saturated carbocycles. The summed E-state index contributed by atoms with van der Waals surface area (Å²) < 4.78 is 3.64. The highest BCUT2D eigenvalue weighted by Crippen LogP contribution is 2.23. The topological polar surface area (TPSA) is 51.9 Å². The summed E-state index contributed by atoms with van der Waals surface area (Å²) >= 11 is 5.96. The van der Waals surface area contributed by atoms with Crippen LogP contribution < -0.4 is 5.32 Å². The van der Waals surface area contributed by atoms with E-state index in [9.17, 15) is 4.79 Å². The highest BCUT2D eigenvalue weighted by molar-refractivity contribution is 6.30. The summed E-state index contributed by atoms with van der Waals surface area (Å²) in [6, 6.07) is 11.5. The fourth-order valence-corrected chi connectivity index (χ4v) is 2.61. The van der Waals surface area contributed by atoms with Crippen LogP contribution in [-0.4, -0.2) is 26.3 Å². The number of hydrogen-bond donors (Lipinski definition) is 1. The van der Waals surface area contributed by atoms with Crippen LogP contribution in [0.25, 0.3) is 11.5 Å². The number of rotatable bonds is 4. The first-order valence-electron chi connectivity index (χ1n) is 7.50. The molecule has 0 atom stereocenters. The quantitative estimate of drug-likeness (QED) is 0.800. The second-order valence-electron chi connectivity index (χ2n) is 5.61. The monoisotopic (exact) mass is 326 g/mol. The van der Waals surface area contributed by atoms with Gasteiger partial charge in [0.25, 0.3) is 5.91 Å². The predicted molar refractivity (Wildman–Crippen MR) is 88.4 cm³/mol. The van der Waals surface area contributed by atoms with Gasteiger partial charge in [-0.3, -0.25) is 4.79 Å². The Hall–Kier alpha value is -2.53. The fraction of sp³-hybridized carbons (Fsp3) is 0.176. The molecule has 2 aromatic heterocycles. The van der Waals surface area contributed by atoms with Crippen LogP contribution in [0, 0.1) is 0 Å². The van der Waals surface area contributed by atoms with Crippen molar-refractivity contribution in [3.8, 4) is 11.5 Å². The number of halogens is 1. The second kappa shape index (κ2) is 5.59. The van der Waals surface area contributed by atoms with Crippen LogP contribution in [0.1, 0.15) is 23.2 Å². The smallest absolute Gasteiger partial charge is 0.256 e. The van der Waals surface area contributed by atoms with Crippen molar-refractivity contribution in [2.45, 2.75) is 18.9 Å². The van der Waals surface area contributed by atoms with Crippen molar-refractivity contribution in [3.05, 3.63) is 65.6 Å². The predicted octanol–water partition coefficient (Wildman–Crippen LogP) is 3.21. The van der Waals surface area contributed by atoms with Crippen molar-refractivity contribution in [3.63, 3.8) is 0 Å². The molecule has 0 aliphatic heterocycles. The summed E-state index contributed by atoms with van der Waals surface area (Å²) in [5.74, 6) is 0.631. The van der Waals surface area contributed by atoms with E-state index in [0.717, 1.165) is 24.3 Å². The summed E-state index contributed by atoms with van der Waals surface area (Å²) in [6.45, 7) is 0. The average molecular weight is 327 g/mol. The number of nitrogens with zero attached hydrogens (tertiary/aromatic N) is 3. The molecule has 0 unspecified atom stereocenters. The number of carbonyl (C=O) groups excluding carboxylic acids is 1. The largest absolute Gasteiger partial charge is 0.349 e. The minimum absolute atomic E-state index is 0.0867. The molecule has 5 nitrogen and oxygen atoms in total. The summed E-state index contributed by atoms with van der Waals surface area (Å²) in [6.07, 6.45) is 7.52. The van der Waals surface area contributed by atoms with Crippen LogP contribution in [0.4, 0.5) is 0 Å². The molecule has 4 rings (SSSR count). The van der Waals surface area contributed by atoms with Crippen LogP contribution in [-0.2, 0) is 0 Å². The summed E-state index contributed by atoms with van der Waals surface area (Å²) in [5.41, 5.74) is 1.41. The van der Waals surface area contributed by atoms with E-state index in [0.29, 0.717) is 16.6 Å². The average Bonchev–Trinajstić information content (AvgIpc) is 3.05. The lowest BCUT2D eigenvalue weighted by Gasteiger charge is -2.11. The van der Waals surface area contributed by atoms with E-state index in [4.69, 9.17) is 11.6 Å². The maximum absolute atomic E-state index is 12.5. The zero-order chi connectivity index (χ0) is 15.8. The van der Waals surface area contributed by atoms with Gasteiger partial charge in [-0.15, -0.1) is 0 Å². The first kappa shape index (κ1) is 14.1. The zero-order valence-corrected chi connectivity index (χ0v) is 13.1. The number of carbonyl (C=O) groups is 1. The van der Waals surface area contributed by atoms with Crippen LogP contribution in [0.2, 0.25) is 5.02 Å². The molecule has 0 spiro atoms. The molecule has 0 bridgehead atoms. The molecule has 2 heterocycles. The van der Waals surface area contributed by atoms with E-state index in [2.05, 4.69) is 10.4 Å². The maximum Gasteiger partial charge on any atom is 0.256 e. The highest BCUT2D eigenvalue weighted by Gasteiger charge is 2.27. The van der Waals surface area contributed by atoms with Crippen molar-refractivity contribution >= 4 is 17.5 Å². The summed E-state index contributed by atoms with van der Waals surface area (Å²) in [5, 5.41) is 8.09. The molecule has 23 heavy (non-hydrogen) atoms. The molecule has 1 fully saturated rings. The third-order valence-corrected chi connectivity index (χ3v) is 4.07. The molecule has 1 aromatic carbocycles. The standard InChI is InChI=1S/C17H15ClN4O/c18-12-3-7-14(8-4-12)22-17(21-9-1-2-10-21)15(11-19-22)16(23)20-13-5-6-13/h1-4,7-11,13H,5-6H2,(H,20,23). The van der Waals surface area contributed by atoms with E-state index < -0.39 is 0 Å². The molecule has 116 valence electrons. The molecule has 3 aromatic rings. The lowest BCUT2D eigenvalue weighted by atomic mass is 10.2. The lowest BCUT2D eigenvalue weighted by Crippen LogP contribution is -2.26. The minimum atomic E-state index is -0.0867. The first-order chi connectivity index (χ1) is 11.2. The Kier molecular flexibility index (Phi) is 3.42. The number of nitrogens with one attached hydrogen (secondary N) is 1. The Morgan fingerprint density at radius 1 is 1.17 bits per heavy atom. The maximum atomic E-state index is 12.5. The molecule has 1 N–H and O–H groups in total. The second-order valence-corrected chi connectivity index (χ2v) is 6.04. The molecule has 1 amide bonds. The first-order valence-corrected chi connectivity index (χ1v) is 7.88. The number of amides is 1. The van der Waals surface area contributed by atoms with E-state index in [-0.39, 0.29) is 5.91 Å². The molecule has 0 radical (unpaired) electrons. The summed E-state index contributed by atoms with van der Waals surface area (Å²) in [4.78, 5) is 12.5. The Bertz CT molecular complexity index is 832. The highest BCUT2D eigenvalue weighted by atomic mass is 35.5. The van der Waals surface area contributed by atoms with Crippen molar-refractivity contribution in [1.29, 1.82) is 0 Å². The van der Waals surface area contributed by atoms with Gasteiger partial charge in [-0.2, -0.15) is 5.10 Å². The third kappa shape index (κ3) is 2.75. The van der Waals surface area contributed by atoms with E-state index in [1.165, 1.54) is 0 Å². The lowest BCUT2D eigenvalue weighted by molar-refractivity contribution is 0.0951.